The number of amides is 1. The van der Waals surface area contributed by atoms with Crippen LogP contribution in [-0.4, -0.2) is 19.0 Å². The molecule has 0 unspecified atom stereocenters. The van der Waals surface area contributed by atoms with Gasteiger partial charge in [0, 0.05) is 13.1 Å². The highest BCUT2D eigenvalue weighted by Gasteiger charge is 2.15. The van der Waals surface area contributed by atoms with Gasteiger partial charge in [0.05, 0.1) is 17.8 Å². The highest BCUT2D eigenvalue weighted by Crippen LogP contribution is 2.28. The molecule has 0 spiro atoms. The van der Waals surface area contributed by atoms with Crippen LogP contribution in [0.2, 0.25) is 0 Å². The molecule has 126 valence electrons. The summed E-state index contributed by atoms with van der Waals surface area (Å²) in [4.78, 5) is 14.7. The molecule has 0 aromatic heterocycles. The average molecular weight is 326 g/mol. The number of carbonyl (C=O) groups is 1. The molecule has 3 nitrogen and oxygen atoms in total. The number of anilines is 2. The Bertz CT molecular complexity index is 694. The lowest BCUT2D eigenvalue weighted by Crippen LogP contribution is -2.26. The zero-order chi connectivity index (χ0) is 16.8. The summed E-state index contributed by atoms with van der Waals surface area (Å²) < 4.78 is 13.3. The summed E-state index contributed by atoms with van der Waals surface area (Å²) in [5, 5.41) is 2.99. The summed E-state index contributed by atoms with van der Waals surface area (Å²) in [6, 6.07) is 14.1. The van der Waals surface area contributed by atoms with Crippen molar-refractivity contribution in [2.45, 2.75) is 32.1 Å². The molecule has 1 aliphatic heterocycles. The second kappa shape index (κ2) is 7.95. The number of para-hydroxylation sites is 2. The predicted molar refractivity (Wildman–Crippen MR) is 95.9 cm³/mol. The second-order valence-electron chi connectivity index (χ2n) is 6.27. The van der Waals surface area contributed by atoms with Gasteiger partial charge in [-0.25, -0.2) is 4.39 Å². The van der Waals surface area contributed by atoms with Crippen LogP contribution >= 0.6 is 0 Å². The number of halogens is 1. The van der Waals surface area contributed by atoms with Gasteiger partial charge in [-0.1, -0.05) is 37.1 Å². The van der Waals surface area contributed by atoms with Gasteiger partial charge < -0.3 is 10.2 Å². The third kappa shape index (κ3) is 4.34. The van der Waals surface area contributed by atoms with E-state index in [0.717, 1.165) is 24.5 Å². The monoisotopic (exact) mass is 326 g/mol. The lowest BCUT2D eigenvalue weighted by atomic mass is 10.1. The summed E-state index contributed by atoms with van der Waals surface area (Å²) in [6.45, 7) is 2.05. The van der Waals surface area contributed by atoms with Crippen LogP contribution in [0.15, 0.2) is 48.5 Å². The minimum atomic E-state index is -0.315. The van der Waals surface area contributed by atoms with E-state index in [1.165, 1.54) is 37.8 Å². The molecule has 2 aromatic rings. The van der Waals surface area contributed by atoms with Gasteiger partial charge in [-0.15, -0.1) is 0 Å². The van der Waals surface area contributed by atoms with Crippen LogP contribution in [-0.2, 0) is 11.2 Å². The fourth-order valence-corrected chi connectivity index (χ4v) is 3.19. The minimum absolute atomic E-state index is 0.122. The molecule has 1 aliphatic rings. The van der Waals surface area contributed by atoms with Crippen molar-refractivity contribution >= 4 is 17.3 Å². The summed E-state index contributed by atoms with van der Waals surface area (Å²) in [7, 11) is 0. The Balaban J connectivity index is 1.71. The first-order valence-electron chi connectivity index (χ1n) is 8.60. The van der Waals surface area contributed by atoms with E-state index in [-0.39, 0.29) is 18.1 Å². The molecule has 2 aromatic carbocycles. The van der Waals surface area contributed by atoms with E-state index in [1.807, 2.05) is 18.2 Å². The van der Waals surface area contributed by atoms with Crippen molar-refractivity contribution in [1.29, 1.82) is 0 Å². The lowest BCUT2D eigenvalue weighted by Gasteiger charge is -2.25. The van der Waals surface area contributed by atoms with Gasteiger partial charge in [0.15, 0.2) is 0 Å². The third-order valence-electron chi connectivity index (χ3n) is 4.38. The van der Waals surface area contributed by atoms with E-state index in [9.17, 15) is 9.18 Å². The Labute approximate surface area is 142 Å². The smallest absolute Gasteiger partial charge is 0.228 e. The molecule has 1 fully saturated rings. The SMILES string of the molecule is O=C(Cc1cccc(F)c1)Nc1ccccc1N1CCCCCC1. The minimum Gasteiger partial charge on any atom is -0.370 e. The fraction of sp³-hybridized carbons (Fsp3) is 0.350. The predicted octanol–water partition coefficient (Wildman–Crippen LogP) is 4.39. The average Bonchev–Trinajstić information content (AvgIpc) is 2.84. The first kappa shape index (κ1) is 16.5. The molecule has 0 bridgehead atoms. The van der Waals surface area contributed by atoms with Crippen molar-refractivity contribution in [2.75, 3.05) is 23.3 Å². The number of hydrogen-bond acceptors (Lipinski definition) is 2. The van der Waals surface area contributed by atoms with Crippen LogP contribution < -0.4 is 10.2 Å². The van der Waals surface area contributed by atoms with Crippen molar-refractivity contribution in [3.8, 4) is 0 Å². The molecule has 0 aliphatic carbocycles. The third-order valence-corrected chi connectivity index (χ3v) is 4.38. The highest BCUT2D eigenvalue weighted by atomic mass is 19.1. The maximum absolute atomic E-state index is 13.3. The Kier molecular flexibility index (Phi) is 5.47. The van der Waals surface area contributed by atoms with Gasteiger partial charge in [0.25, 0.3) is 0 Å². The van der Waals surface area contributed by atoms with E-state index < -0.39 is 0 Å². The standard InChI is InChI=1S/C20H23FN2O/c21-17-9-7-8-16(14-17)15-20(24)22-18-10-3-4-11-19(18)23-12-5-1-2-6-13-23/h3-4,7-11,14H,1-2,5-6,12-13,15H2,(H,22,24). The quantitative estimate of drug-likeness (QED) is 0.904. The van der Waals surface area contributed by atoms with Crippen LogP contribution in [0.25, 0.3) is 0 Å². The first-order valence-corrected chi connectivity index (χ1v) is 8.60. The number of nitrogens with one attached hydrogen (secondary N) is 1. The summed E-state index contributed by atoms with van der Waals surface area (Å²) in [5.41, 5.74) is 2.59. The normalized spacial score (nSPS) is 15.0. The molecule has 4 heteroatoms. The Morgan fingerprint density at radius 1 is 1.00 bits per heavy atom. The van der Waals surface area contributed by atoms with Gasteiger partial charge in [0.1, 0.15) is 5.82 Å². The Morgan fingerprint density at radius 2 is 1.75 bits per heavy atom. The molecule has 0 saturated carbocycles. The largest absolute Gasteiger partial charge is 0.370 e. The van der Waals surface area contributed by atoms with Crippen molar-refractivity contribution < 1.29 is 9.18 Å². The molecule has 1 saturated heterocycles. The number of nitrogens with zero attached hydrogens (tertiary/aromatic N) is 1. The molecule has 1 heterocycles. The summed E-state index contributed by atoms with van der Waals surface area (Å²) >= 11 is 0. The van der Waals surface area contributed by atoms with Crippen LogP contribution in [0, 0.1) is 5.82 Å². The number of rotatable bonds is 4. The molecular weight excluding hydrogens is 303 g/mol. The van der Waals surface area contributed by atoms with Crippen LogP contribution in [0.3, 0.4) is 0 Å². The topological polar surface area (TPSA) is 32.3 Å². The number of carbonyl (C=O) groups excluding carboxylic acids is 1. The molecule has 1 amide bonds. The van der Waals surface area contributed by atoms with Gasteiger partial charge in [-0.2, -0.15) is 0 Å². The van der Waals surface area contributed by atoms with Crippen molar-refractivity contribution in [2.24, 2.45) is 0 Å². The van der Waals surface area contributed by atoms with Crippen LogP contribution in [0.5, 0.6) is 0 Å². The second-order valence-corrected chi connectivity index (χ2v) is 6.27. The zero-order valence-corrected chi connectivity index (χ0v) is 13.8. The van der Waals surface area contributed by atoms with Gasteiger partial charge in [0.2, 0.25) is 5.91 Å². The maximum atomic E-state index is 13.3. The summed E-state index contributed by atoms with van der Waals surface area (Å²) in [5.74, 6) is -0.437. The van der Waals surface area contributed by atoms with Crippen molar-refractivity contribution in [3.63, 3.8) is 0 Å². The maximum Gasteiger partial charge on any atom is 0.228 e. The molecule has 1 N–H and O–H groups in total. The number of hydrogen-bond donors (Lipinski definition) is 1. The van der Waals surface area contributed by atoms with Gasteiger partial charge >= 0.3 is 0 Å². The molecule has 24 heavy (non-hydrogen) atoms. The van der Waals surface area contributed by atoms with E-state index >= 15 is 0 Å². The van der Waals surface area contributed by atoms with Gasteiger partial charge in [-0.05, 0) is 42.7 Å². The molecule has 3 rings (SSSR count). The zero-order valence-electron chi connectivity index (χ0n) is 13.8. The van der Waals surface area contributed by atoms with Crippen molar-refractivity contribution in [1.82, 2.24) is 0 Å². The summed E-state index contributed by atoms with van der Waals surface area (Å²) in [6.07, 6.45) is 5.08. The Hall–Kier alpha value is -2.36. The van der Waals surface area contributed by atoms with Gasteiger partial charge in [-0.3, -0.25) is 4.79 Å². The van der Waals surface area contributed by atoms with Crippen molar-refractivity contribution in [3.05, 3.63) is 59.9 Å². The number of benzene rings is 2. The Morgan fingerprint density at radius 3 is 2.50 bits per heavy atom. The highest BCUT2D eigenvalue weighted by molar-refractivity contribution is 5.95. The molecular formula is C20H23FN2O. The van der Waals surface area contributed by atoms with Crippen LogP contribution in [0.4, 0.5) is 15.8 Å². The van der Waals surface area contributed by atoms with Crippen LogP contribution in [0.1, 0.15) is 31.2 Å². The van der Waals surface area contributed by atoms with E-state index in [4.69, 9.17) is 0 Å². The lowest BCUT2D eigenvalue weighted by molar-refractivity contribution is -0.115. The first-order chi connectivity index (χ1) is 11.7. The van der Waals surface area contributed by atoms with E-state index in [0.29, 0.717) is 5.56 Å². The molecule has 0 atom stereocenters. The van der Waals surface area contributed by atoms with E-state index in [1.54, 1.807) is 12.1 Å². The molecule has 0 radical (unpaired) electrons. The van der Waals surface area contributed by atoms with E-state index in [2.05, 4.69) is 16.3 Å². The fourth-order valence-electron chi connectivity index (χ4n) is 3.19.